The number of amides is 2. The van der Waals surface area contributed by atoms with E-state index >= 15 is 0 Å². The number of rotatable bonds is 4. The van der Waals surface area contributed by atoms with Crippen LogP contribution in [0.5, 0.6) is 0 Å². The van der Waals surface area contributed by atoms with Gasteiger partial charge in [-0.2, -0.15) is 0 Å². The van der Waals surface area contributed by atoms with Gasteiger partial charge in [0.2, 0.25) is 5.91 Å². The number of primary amides is 1. The Balaban J connectivity index is 1.69. The second-order valence-electron chi connectivity index (χ2n) is 6.37. The third kappa shape index (κ3) is 4.39. The Hall–Kier alpha value is -3.03. The number of benzene rings is 1. The van der Waals surface area contributed by atoms with Crippen molar-refractivity contribution < 1.29 is 18.4 Å². The molecule has 1 aromatic carbocycles. The van der Waals surface area contributed by atoms with E-state index in [2.05, 4.69) is 4.98 Å². The van der Waals surface area contributed by atoms with Gasteiger partial charge in [0.05, 0.1) is 12.0 Å². The lowest BCUT2D eigenvalue weighted by Crippen LogP contribution is -2.36. The fraction of sp³-hybridized carbons (Fsp3) is 0.316. The van der Waals surface area contributed by atoms with E-state index in [0.717, 1.165) is 18.2 Å². The molecule has 1 aliphatic rings. The predicted octanol–water partition coefficient (Wildman–Crippen LogP) is 1.74. The molecular formula is C19H20F2N4O2. The zero-order chi connectivity index (χ0) is 19.4. The number of nitrogens with zero attached hydrogens (tertiary/aromatic N) is 3. The summed E-state index contributed by atoms with van der Waals surface area (Å²) in [5, 5.41) is 0. The van der Waals surface area contributed by atoms with E-state index in [1.807, 2.05) is 4.90 Å². The Bertz CT molecular complexity index is 859. The Morgan fingerprint density at radius 3 is 2.70 bits per heavy atom. The normalized spacial score (nSPS) is 14.7. The lowest BCUT2D eigenvalue weighted by Gasteiger charge is -2.24. The summed E-state index contributed by atoms with van der Waals surface area (Å²) in [7, 11) is 0. The van der Waals surface area contributed by atoms with Gasteiger partial charge in [0.15, 0.2) is 0 Å². The van der Waals surface area contributed by atoms with E-state index in [9.17, 15) is 18.4 Å². The molecule has 2 N–H and O–H groups in total. The van der Waals surface area contributed by atoms with Crippen molar-refractivity contribution in [3.05, 3.63) is 59.3 Å². The van der Waals surface area contributed by atoms with Crippen LogP contribution in [0.2, 0.25) is 0 Å². The van der Waals surface area contributed by atoms with Crippen LogP contribution in [0, 0.1) is 11.6 Å². The summed E-state index contributed by atoms with van der Waals surface area (Å²) in [5.41, 5.74) is 5.79. The lowest BCUT2D eigenvalue weighted by atomic mass is 10.1. The maximum absolute atomic E-state index is 13.8. The number of carbonyl (C=O) groups excluding carboxylic acids is 2. The highest BCUT2D eigenvalue weighted by Crippen LogP contribution is 2.19. The summed E-state index contributed by atoms with van der Waals surface area (Å²) in [6.45, 7) is 1.96. The molecule has 8 heteroatoms. The van der Waals surface area contributed by atoms with Gasteiger partial charge in [0.25, 0.3) is 5.91 Å². The molecular weight excluding hydrogens is 354 g/mol. The standard InChI is InChI=1S/C19H20F2N4O2/c20-14-4-5-16(21)13(11-14)12-17(26)24-7-2-8-25(10-9-24)19-15(18(22)27)3-1-6-23-19/h1,3-6,11H,2,7-10,12H2,(H2,22,27). The van der Waals surface area contributed by atoms with Crippen LogP contribution in [-0.2, 0) is 11.2 Å². The minimum atomic E-state index is -0.596. The number of hydrogen-bond acceptors (Lipinski definition) is 4. The fourth-order valence-corrected chi connectivity index (χ4v) is 3.17. The van der Waals surface area contributed by atoms with Gasteiger partial charge in [-0.3, -0.25) is 9.59 Å². The van der Waals surface area contributed by atoms with Gasteiger partial charge in [-0.25, -0.2) is 13.8 Å². The van der Waals surface area contributed by atoms with E-state index in [-0.39, 0.29) is 17.9 Å². The quantitative estimate of drug-likeness (QED) is 0.884. The number of anilines is 1. The molecule has 0 radical (unpaired) electrons. The summed E-state index contributed by atoms with van der Waals surface area (Å²) in [5.74, 6) is -1.50. The van der Waals surface area contributed by atoms with Crippen molar-refractivity contribution in [2.45, 2.75) is 12.8 Å². The topological polar surface area (TPSA) is 79.5 Å². The third-order valence-corrected chi connectivity index (χ3v) is 4.55. The maximum atomic E-state index is 13.8. The van der Waals surface area contributed by atoms with Crippen molar-refractivity contribution in [3.8, 4) is 0 Å². The zero-order valence-corrected chi connectivity index (χ0v) is 14.7. The molecule has 0 bridgehead atoms. The minimum Gasteiger partial charge on any atom is -0.365 e. The van der Waals surface area contributed by atoms with Gasteiger partial charge in [-0.1, -0.05) is 0 Å². The molecule has 2 heterocycles. The van der Waals surface area contributed by atoms with Crippen LogP contribution in [0.25, 0.3) is 0 Å². The Morgan fingerprint density at radius 1 is 1.11 bits per heavy atom. The molecule has 1 fully saturated rings. The average Bonchev–Trinajstić information content (AvgIpc) is 2.91. The van der Waals surface area contributed by atoms with Crippen LogP contribution in [0.1, 0.15) is 22.3 Å². The smallest absolute Gasteiger partial charge is 0.252 e. The third-order valence-electron chi connectivity index (χ3n) is 4.55. The second-order valence-corrected chi connectivity index (χ2v) is 6.37. The van der Waals surface area contributed by atoms with E-state index < -0.39 is 17.5 Å². The van der Waals surface area contributed by atoms with Gasteiger partial charge in [-0.05, 0) is 36.8 Å². The first kappa shape index (κ1) is 18.8. The summed E-state index contributed by atoms with van der Waals surface area (Å²) in [6, 6.07) is 6.35. The number of aromatic nitrogens is 1. The maximum Gasteiger partial charge on any atom is 0.252 e. The van der Waals surface area contributed by atoms with E-state index in [0.29, 0.717) is 44.0 Å². The largest absolute Gasteiger partial charge is 0.365 e. The molecule has 6 nitrogen and oxygen atoms in total. The van der Waals surface area contributed by atoms with Crippen LogP contribution >= 0.6 is 0 Å². The molecule has 2 aromatic rings. The summed E-state index contributed by atoms with van der Waals surface area (Å²) in [6.07, 6.45) is 2.05. The highest BCUT2D eigenvalue weighted by Gasteiger charge is 2.23. The minimum absolute atomic E-state index is 0.0434. The molecule has 3 rings (SSSR count). The molecule has 0 saturated carbocycles. The first-order valence-electron chi connectivity index (χ1n) is 8.67. The molecule has 1 saturated heterocycles. The van der Waals surface area contributed by atoms with E-state index in [1.165, 1.54) is 0 Å². The molecule has 0 aliphatic carbocycles. The highest BCUT2D eigenvalue weighted by molar-refractivity contribution is 5.97. The highest BCUT2D eigenvalue weighted by atomic mass is 19.1. The average molecular weight is 374 g/mol. The molecule has 0 atom stereocenters. The molecule has 1 aliphatic heterocycles. The second kappa shape index (κ2) is 8.11. The van der Waals surface area contributed by atoms with E-state index in [1.54, 1.807) is 23.2 Å². The first-order chi connectivity index (χ1) is 13.0. The van der Waals surface area contributed by atoms with Gasteiger partial charge < -0.3 is 15.5 Å². The molecule has 2 amide bonds. The van der Waals surface area contributed by atoms with Crippen LogP contribution in [-0.4, -0.2) is 47.9 Å². The fourth-order valence-electron chi connectivity index (χ4n) is 3.17. The van der Waals surface area contributed by atoms with Crippen molar-refractivity contribution in [1.29, 1.82) is 0 Å². The molecule has 1 aromatic heterocycles. The van der Waals surface area contributed by atoms with Crippen molar-refractivity contribution in [1.82, 2.24) is 9.88 Å². The van der Waals surface area contributed by atoms with Crippen molar-refractivity contribution in [3.63, 3.8) is 0 Å². The van der Waals surface area contributed by atoms with Gasteiger partial charge in [0, 0.05) is 37.9 Å². The Morgan fingerprint density at radius 2 is 1.93 bits per heavy atom. The van der Waals surface area contributed by atoms with E-state index in [4.69, 9.17) is 5.73 Å². The lowest BCUT2D eigenvalue weighted by molar-refractivity contribution is -0.130. The van der Waals surface area contributed by atoms with Crippen LogP contribution in [0.4, 0.5) is 14.6 Å². The van der Waals surface area contributed by atoms with Gasteiger partial charge in [0.1, 0.15) is 17.5 Å². The number of carbonyl (C=O) groups is 2. The number of halogens is 2. The predicted molar refractivity (Wildman–Crippen MR) is 96.2 cm³/mol. The van der Waals surface area contributed by atoms with Gasteiger partial charge >= 0.3 is 0 Å². The molecule has 142 valence electrons. The van der Waals surface area contributed by atoms with Crippen molar-refractivity contribution in [2.24, 2.45) is 5.73 Å². The van der Waals surface area contributed by atoms with Crippen molar-refractivity contribution >= 4 is 17.6 Å². The summed E-state index contributed by atoms with van der Waals surface area (Å²) >= 11 is 0. The summed E-state index contributed by atoms with van der Waals surface area (Å²) < 4.78 is 27.1. The molecule has 27 heavy (non-hydrogen) atoms. The summed E-state index contributed by atoms with van der Waals surface area (Å²) in [4.78, 5) is 31.9. The SMILES string of the molecule is NC(=O)c1cccnc1N1CCCN(C(=O)Cc2cc(F)ccc2F)CC1. The first-order valence-corrected chi connectivity index (χ1v) is 8.67. The monoisotopic (exact) mass is 374 g/mol. The molecule has 0 spiro atoms. The van der Waals surface area contributed by atoms with Gasteiger partial charge in [-0.15, -0.1) is 0 Å². The Labute approximate surface area is 155 Å². The number of pyridine rings is 1. The van der Waals surface area contributed by atoms with Crippen LogP contribution < -0.4 is 10.6 Å². The van der Waals surface area contributed by atoms with Crippen LogP contribution in [0.15, 0.2) is 36.5 Å². The van der Waals surface area contributed by atoms with Crippen LogP contribution in [0.3, 0.4) is 0 Å². The van der Waals surface area contributed by atoms with Crippen molar-refractivity contribution in [2.75, 3.05) is 31.1 Å². The zero-order valence-electron chi connectivity index (χ0n) is 14.7. The number of hydrogen-bond donors (Lipinski definition) is 1. The molecule has 0 unspecified atom stereocenters. The Kier molecular flexibility index (Phi) is 5.63. The number of nitrogens with two attached hydrogens (primary N) is 1.